The lowest BCUT2D eigenvalue weighted by Gasteiger charge is -2.16. The fourth-order valence-corrected chi connectivity index (χ4v) is 3.64. The molecule has 0 saturated carbocycles. The van der Waals surface area contributed by atoms with Crippen molar-refractivity contribution in [3.05, 3.63) is 96.1 Å². The van der Waals surface area contributed by atoms with Crippen LogP contribution in [0.2, 0.25) is 0 Å². The van der Waals surface area contributed by atoms with Crippen molar-refractivity contribution in [1.82, 2.24) is 5.32 Å². The molecule has 198 valence electrons. The van der Waals surface area contributed by atoms with E-state index in [0.717, 1.165) is 30.9 Å². The van der Waals surface area contributed by atoms with E-state index in [1.807, 2.05) is 37.4 Å². The molecule has 0 spiro atoms. The van der Waals surface area contributed by atoms with Crippen LogP contribution in [0.1, 0.15) is 64.0 Å². The first-order valence-corrected chi connectivity index (χ1v) is 13.0. The van der Waals surface area contributed by atoms with Crippen molar-refractivity contribution in [3.8, 4) is 11.5 Å². The van der Waals surface area contributed by atoms with Gasteiger partial charge in [-0.15, -0.1) is 0 Å². The topological polar surface area (TPSA) is 50.7 Å². The second-order valence-electron chi connectivity index (χ2n) is 8.79. The molecule has 0 aliphatic heterocycles. The second-order valence-corrected chi connectivity index (χ2v) is 8.79. The molecule has 3 aromatic rings. The van der Waals surface area contributed by atoms with Gasteiger partial charge < -0.3 is 19.9 Å². The number of hydrogen-bond donors (Lipinski definition) is 2. The molecule has 4 heteroatoms. The van der Waals surface area contributed by atoms with Crippen molar-refractivity contribution in [1.29, 1.82) is 0 Å². The number of rotatable bonds is 15. The van der Waals surface area contributed by atoms with Gasteiger partial charge in [0.25, 0.3) is 0 Å². The van der Waals surface area contributed by atoms with Gasteiger partial charge in [0.05, 0.1) is 6.61 Å². The Morgan fingerprint density at radius 2 is 1.33 bits per heavy atom. The van der Waals surface area contributed by atoms with E-state index in [-0.39, 0.29) is 13.2 Å². The van der Waals surface area contributed by atoms with Crippen LogP contribution in [0, 0.1) is 0 Å². The normalized spacial score (nSPS) is 11.1. The van der Waals surface area contributed by atoms with Crippen LogP contribution in [0.4, 0.5) is 0 Å². The van der Waals surface area contributed by atoms with Crippen LogP contribution in [0.5, 0.6) is 11.5 Å². The molecule has 0 amide bonds. The molecule has 0 radical (unpaired) electrons. The van der Waals surface area contributed by atoms with Crippen LogP contribution in [0.25, 0.3) is 0 Å². The minimum Gasteiger partial charge on any atom is -0.508 e. The maximum Gasteiger partial charge on any atom is 0.120 e. The molecular weight excluding hydrogens is 446 g/mol. The highest BCUT2D eigenvalue weighted by Gasteiger charge is 2.07. The van der Waals surface area contributed by atoms with Crippen molar-refractivity contribution in [2.45, 2.75) is 71.9 Å². The lowest BCUT2D eigenvalue weighted by atomic mass is 10.1. The number of unbranched alkanes of at least 4 members (excludes halogenated alkanes) is 5. The lowest BCUT2D eigenvalue weighted by Crippen LogP contribution is -2.32. The van der Waals surface area contributed by atoms with Crippen LogP contribution in [0.3, 0.4) is 0 Å². The minimum atomic E-state index is 0. The van der Waals surface area contributed by atoms with E-state index in [4.69, 9.17) is 14.6 Å². The molecule has 0 saturated heterocycles. The lowest BCUT2D eigenvalue weighted by molar-refractivity contribution is 0.109. The Kier molecular flexibility index (Phi) is 17.7. The van der Waals surface area contributed by atoms with E-state index in [1.165, 1.54) is 44.1 Å². The maximum absolute atomic E-state index is 9.09. The summed E-state index contributed by atoms with van der Waals surface area (Å²) in [5.41, 5.74) is 2.50. The molecule has 36 heavy (non-hydrogen) atoms. The summed E-state index contributed by atoms with van der Waals surface area (Å²) < 4.78 is 11.3. The highest BCUT2D eigenvalue weighted by molar-refractivity contribution is 5.30. The smallest absolute Gasteiger partial charge is 0.120 e. The summed E-state index contributed by atoms with van der Waals surface area (Å²) in [7, 11) is 2.02. The summed E-state index contributed by atoms with van der Waals surface area (Å²) >= 11 is 0. The number of phenols is 1. The van der Waals surface area contributed by atoms with Crippen LogP contribution >= 0.6 is 0 Å². The highest BCUT2D eigenvalue weighted by Crippen LogP contribution is 2.17. The van der Waals surface area contributed by atoms with Crippen LogP contribution in [-0.4, -0.2) is 31.4 Å². The Bertz CT molecular complexity index is 869. The van der Waals surface area contributed by atoms with Gasteiger partial charge in [0.2, 0.25) is 0 Å². The van der Waals surface area contributed by atoms with E-state index < -0.39 is 0 Å². The molecule has 2 N–H and O–H groups in total. The number of likely N-dealkylation sites (N-methyl/N-ethyl adjacent to an activating group) is 1. The molecule has 0 unspecified atom stereocenters. The monoisotopic (exact) mass is 493 g/mol. The van der Waals surface area contributed by atoms with Gasteiger partial charge in [0.15, 0.2) is 0 Å². The second kappa shape index (κ2) is 20.4. The van der Waals surface area contributed by atoms with Gasteiger partial charge in [-0.05, 0) is 55.3 Å². The van der Waals surface area contributed by atoms with E-state index >= 15 is 0 Å². The number of benzene rings is 3. The van der Waals surface area contributed by atoms with E-state index in [1.54, 1.807) is 24.3 Å². The molecule has 1 atom stereocenters. The largest absolute Gasteiger partial charge is 0.508 e. The number of aromatic hydroxyl groups is 1. The van der Waals surface area contributed by atoms with Gasteiger partial charge >= 0.3 is 0 Å². The Hall–Kier alpha value is -2.82. The average Bonchev–Trinajstić information content (AvgIpc) is 2.91. The third kappa shape index (κ3) is 14.6. The van der Waals surface area contributed by atoms with Gasteiger partial charge in [0, 0.05) is 12.6 Å². The molecule has 0 heterocycles. The average molecular weight is 494 g/mol. The molecule has 0 bridgehead atoms. The van der Waals surface area contributed by atoms with Gasteiger partial charge in [-0.2, -0.15) is 0 Å². The third-order valence-corrected chi connectivity index (χ3v) is 5.78. The minimum absolute atomic E-state index is 0. The van der Waals surface area contributed by atoms with E-state index in [2.05, 4.69) is 42.6 Å². The zero-order valence-electron chi connectivity index (χ0n) is 21.5. The molecule has 4 nitrogen and oxygen atoms in total. The molecule has 0 aromatic heterocycles. The number of hydrogen-bond acceptors (Lipinski definition) is 4. The highest BCUT2D eigenvalue weighted by atomic mass is 16.5. The molecule has 0 fully saturated rings. The van der Waals surface area contributed by atoms with Gasteiger partial charge in [-0.25, -0.2) is 0 Å². The van der Waals surface area contributed by atoms with Crippen molar-refractivity contribution < 1.29 is 14.6 Å². The van der Waals surface area contributed by atoms with E-state index in [9.17, 15) is 0 Å². The summed E-state index contributed by atoms with van der Waals surface area (Å²) in [4.78, 5) is 0. The fourth-order valence-electron chi connectivity index (χ4n) is 3.64. The fraction of sp³-hybridized carbons (Fsp3) is 0.438. The molecule has 3 aromatic carbocycles. The van der Waals surface area contributed by atoms with Crippen molar-refractivity contribution in [2.75, 3.05) is 20.3 Å². The Morgan fingerprint density at radius 3 is 1.94 bits per heavy atom. The molecule has 3 rings (SSSR count). The molecule has 0 aliphatic carbocycles. The van der Waals surface area contributed by atoms with Crippen LogP contribution in [0.15, 0.2) is 84.9 Å². The Labute approximate surface area is 219 Å². The van der Waals surface area contributed by atoms with Gasteiger partial charge in [-0.1, -0.05) is 107 Å². The van der Waals surface area contributed by atoms with E-state index in [0.29, 0.717) is 12.6 Å². The Morgan fingerprint density at radius 1 is 0.750 bits per heavy atom. The number of phenolic OH excluding ortho intramolecular Hbond substituents is 1. The standard InChI is InChI=1S/C18H31NO.C13H12O2.CH4/c1-3-4-5-6-7-11-14-20-16-18(19-2)15-17-12-9-8-10-13-17;14-12-6-8-13(9-7-12)15-10-11-4-2-1-3-5-11;/h8-10,12-13,18-19H,3-7,11,14-16H2,1-2H3;1-9,14H,10H2;1H4/t18-;;/m0../s1. The molecule has 0 aliphatic rings. The SMILES string of the molecule is C.CCCCCCCCOC[C@H](Cc1ccccc1)NC.Oc1ccc(OCc2ccccc2)cc1. The van der Waals surface area contributed by atoms with Crippen LogP contribution in [-0.2, 0) is 17.8 Å². The predicted octanol–water partition coefficient (Wildman–Crippen LogP) is 7.80. The van der Waals surface area contributed by atoms with Gasteiger partial charge in [-0.3, -0.25) is 0 Å². The summed E-state index contributed by atoms with van der Waals surface area (Å²) in [5.74, 6) is 1.01. The predicted molar refractivity (Wildman–Crippen MR) is 153 cm³/mol. The zero-order chi connectivity index (χ0) is 25.0. The first-order valence-electron chi connectivity index (χ1n) is 13.0. The van der Waals surface area contributed by atoms with Crippen molar-refractivity contribution in [2.24, 2.45) is 0 Å². The summed E-state index contributed by atoms with van der Waals surface area (Å²) in [6, 6.07) is 27.7. The van der Waals surface area contributed by atoms with Crippen LogP contribution < -0.4 is 10.1 Å². The quantitative estimate of drug-likeness (QED) is 0.212. The number of ether oxygens (including phenoxy) is 2. The molecular formula is C32H47NO3. The summed E-state index contributed by atoms with van der Waals surface area (Å²) in [5, 5.41) is 12.4. The summed E-state index contributed by atoms with van der Waals surface area (Å²) in [6.45, 7) is 4.51. The van der Waals surface area contributed by atoms with Crippen molar-refractivity contribution >= 4 is 0 Å². The van der Waals surface area contributed by atoms with Crippen molar-refractivity contribution in [3.63, 3.8) is 0 Å². The zero-order valence-corrected chi connectivity index (χ0v) is 21.5. The first-order chi connectivity index (χ1) is 17.2. The summed E-state index contributed by atoms with van der Waals surface area (Å²) in [6.07, 6.45) is 8.97. The first kappa shape index (κ1) is 31.2. The maximum atomic E-state index is 9.09. The number of nitrogens with one attached hydrogen (secondary N) is 1. The van der Waals surface area contributed by atoms with Gasteiger partial charge in [0.1, 0.15) is 18.1 Å². The third-order valence-electron chi connectivity index (χ3n) is 5.78. The Balaban J connectivity index is 0.000000362.